The topological polar surface area (TPSA) is 15.3 Å². The van der Waals surface area contributed by atoms with Gasteiger partial charge < -0.3 is 5.32 Å². The molecule has 1 fully saturated rings. The van der Waals surface area contributed by atoms with E-state index in [9.17, 15) is 0 Å². The minimum atomic E-state index is 0.853. The molecule has 1 aliphatic rings. The van der Waals surface area contributed by atoms with Gasteiger partial charge in [0.05, 0.1) is 0 Å². The molecule has 0 aromatic carbocycles. The Morgan fingerprint density at radius 2 is 2.05 bits per heavy atom. The second kappa shape index (κ2) is 7.58. The number of piperidine rings is 1. The summed E-state index contributed by atoms with van der Waals surface area (Å²) in [5, 5.41) is 3.42. The van der Waals surface area contributed by atoms with Crippen LogP contribution in [0.25, 0.3) is 0 Å². The lowest BCUT2D eigenvalue weighted by Crippen LogP contribution is -2.34. The largest absolute Gasteiger partial charge is 0.312 e. The maximum atomic E-state index is 3.42. The molecule has 1 aliphatic heterocycles. The quantitative estimate of drug-likeness (QED) is 0.852. The molecule has 1 saturated heterocycles. The summed E-state index contributed by atoms with van der Waals surface area (Å²) in [6, 6.07) is 2.41. The molecule has 0 atom stereocenters. The molecule has 1 N–H and O–H groups in total. The Bertz CT molecular complexity index is 403. The van der Waals surface area contributed by atoms with E-state index in [2.05, 4.69) is 44.0 Å². The minimum Gasteiger partial charge on any atom is -0.312 e. The summed E-state index contributed by atoms with van der Waals surface area (Å²) in [6.45, 7) is 15.0. The molecule has 0 saturated carbocycles. The number of nitrogens with one attached hydrogen (secondary N) is 1. The summed E-state index contributed by atoms with van der Waals surface area (Å²) in [5.74, 6) is 1.80. The van der Waals surface area contributed by atoms with E-state index in [1.807, 2.05) is 11.3 Å². The van der Waals surface area contributed by atoms with E-state index in [0.717, 1.165) is 31.5 Å². The van der Waals surface area contributed by atoms with Crippen LogP contribution in [-0.2, 0) is 13.1 Å². The van der Waals surface area contributed by atoms with E-state index in [1.54, 1.807) is 5.56 Å². The van der Waals surface area contributed by atoms with Crippen molar-refractivity contribution in [2.45, 2.75) is 53.6 Å². The van der Waals surface area contributed by atoms with E-state index in [-0.39, 0.29) is 0 Å². The van der Waals surface area contributed by atoms with Crippen molar-refractivity contribution in [2.24, 2.45) is 11.8 Å². The Labute approximate surface area is 128 Å². The van der Waals surface area contributed by atoms with Gasteiger partial charge in [-0.3, -0.25) is 4.90 Å². The normalized spacial score (nSPS) is 18.1. The highest BCUT2D eigenvalue weighted by Gasteiger charge is 2.22. The zero-order valence-corrected chi connectivity index (χ0v) is 14.4. The van der Waals surface area contributed by atoms with Crippen molar-refractivity contribution in [2.75, 3.05) is 19.6 Å². The Morgan fingerprint density at radius 1 is 1.35 bits per heavy atom. The smallest absolute Gasteiger partial charge is 0.0299 e. The summed E-state index contributed by atoms with van der Waals surface area (Å²) in [4.78, 5) is 5.63. The third kappa shape index (κ3) is 4.31. The van der Waals surface area contributed by atoms with Gasteiger partial charge in [-0.05, 0) is 62.9 Å². The van der Waals surface area contributed by atoms with Crippen LogP contribution in [0, 0.1) is 18.8 Å². The van der Waals surface area contributed by atoms with Gasteiger partial charge in [-0.1, -0.05) is 20.8 Å². The number of nitrogens with zero attached hydrogens (tertiary/aromatic N) is 1. The zero-order valence-electron chi connectivity index (χ0n) is 13.5. The lowest BCUT2D eigenvalue weighted by Gasteiger charge is -2.33. The molecule has 0 amide bonds. The fourth-order valence-electron chi connectivity index (χ4n) is 3.10. The van der Waals surface area contributed by atoms with Gasteiger partial charge in [0.15, 0.2) is 0 Å². The third-order valence-corrected chi connectivity index (χ3v) is 5.68. The number of rotatable bonds is 6. The average Bonchev–Trinajstić information content (AvgIpc) is 2.77. The minimum absolute atomic E-state index is 0.853. The predicted molar refractivity (Wildman–Crippen MR) is 89.3 cm³/mol. The molecule has 20 heavy (non-hydrogen) atoms. The van der Waals surface area contributed by atoms with Crippen LogP contribution in [-0.4, -0.2) is 24.5 Å². The fourth-order valence-corrected chi connectivity index (χ4v) is 4.12. The highest BCUT2D eigenvalue weighted by Crippen LogP contribution is 2.27. The molecule has 0 bridgehead atoms. The van der Waals surface area contributed by atoms with Crippen molar-refractivity contribution in [3.63, 3.8) is 0 Å². The molecule has 114 valence electrons. The maximum absolute atomic E-state index is 3.42. The summed E-state index contributed by atoms with van der Waals surface area (Å²) in [6.07, 6.45) is 2.76. The van der Waals surface area contributed by atoms with E-state index in [0.29, 0.717) is 0 Å². The van der Waals surface area contributed by atoms with Gasteiger partial charge in [0.25, 0.3) is 0 Å². The Balaban J connectivity index is 1.86. The van der Waals surface area contributed by atoms with Gasteiger partial charge in [0.2, 0.25) is 0 Å². The average molecular weight is 295 g/mol. The SMILES string of the molecule is CCNCc1cc(CN2CCC(C(C)C)CC2)c(C)s1. The molecule has 1 aromatic heterocycles. The van der Waals surface area contributed by atoms with Crippen LogP contribution in [0.3, 0.4) is 0 Å². The van der Waals surface area contributed by atoms with Crippen LogP contribution in [0.5, 0.6) is 0 Å². The first-order valence-corrected chi connectivity index (χ1v) is 8.93. The first-order valence-electron chi connectivity index (χ1n) is 8.11. The molecule has 3 heteroatoms. The Kier molecular flexibility index (Phi) is 6.06. The first kappa shape index (κ1) is 16.0. The predicted octanol–water partition coefficient (Wildman–Crippen LogP) is 4.03. The lowest BCUT2D eigenvalue weighted by molar-refractivity contribution is 0.152. The van der Waals surface area contributed by atoms with Crippen molar-refractivity contribution in [1.29, 1.82) is 0 Å². The van der Waals surface area contributed by atoms with Gasteiger partial charge in [0.1, 0.15) is 0 Å². The Morgan fingerprint density at radius 3 is 2.65 bits per heavy atom. The highest BCUT2D eigenvalue weighted by atomic mass is 32.1. The van der Waals surface area contributed by atoms with Crippen LogP contribution in [0.1, 0.15) is 48.9 Å². The Hall–Kier alpha value is -0.380. The second-order valence-corrected chi connectivity index (χ2v) is 7.77. The van der Waals surface area contributed by atoms with E-state index < -0.39 is 0 Å². The zero-order chi connectivity index (χ0) is 14.5. The summed E-state index contributed by atoms with van der Waals surface area (Å²) in [7, 11) is 0. The van der Waals surface area contributed by atoms with E-state index in [4.69, 9.17) is 0 Å². The highest BCUT2D eigenvalue weighted by molar-refractivity contribution is 7.12. The van der Waals surface area contributed by atoms with Gasteiger partial charge in [0, 0.05) is 22.8 Å². The lowest BCUT2D eigenvalue weighted by atomic mass is 9.86. The first-order chi connectivity index (χ1) is 9.60. The van der Waals surface area contributed by atoms with Crippen LogP contribution in [0.4, 0.5) is 0 Å². The molecule has 2 rings (SSSR count). The van der Waals surface area contributed by atoms with Crippen molar-refractivity contribution in [3.05, 3.63) is 21.4 Å². The van der Waals surface area contributed by atoms with Crippen LogP contribution in [0.2, 0.25) is 0 Å². The third-order valence-electron chi connectivity index (χ3n) is 4.59. The molecule has 0 unspecified atom stereocenters. The van der Waals surface area contributed by atoms with E-state index in [1.165, 1.54) is 35.7 Å². The molecule has 1 aromatic rings. The number of aryl methyl sites for hydroxylation is 1. The molecular formula is C17H30N2S. The van der Waals surface area contributed by atoms with E-state index >= 15 is 0 Å². The number of likely N-dealkylation sites (tertiary alicyclic amines) is 1. The fraction of sp³-hybridized carbons (Fsp3) is 0.765. The van der Waals surface area contributed by atoms with Gasteiger partial charge in [-0.2, -0.15) is 0 Å². The van der Waals surface area contributed by atoms with Gasteiger partial charge >= 0.3 is 0 Å². The van der Waals surface area contributed by atoms with Crippen LogP contribution >= 0.6 is 11.3 Å². The van der Waals surface area contributed by atoms with Crippen LogP contribution in [0.15, 0.2) is 6.07 Å². The summed E-state index contributed by atoms with van der Waals surface area (Å²) < 4.78 is 0. The number of hydrogen-bond acceptors (Lipinski definition) is 3. The van der Waals surface area contributed by atoms with Gasteiger partial charge in [-0.25, -0.2) is 0 Å². The van der Waals surface area contributed by atoms with Crippen molar-refractivity contribution in [1.82, 2.24) is 10.2 Å². The molecule has 2 nitrogen and oxygen atoms in total. The van der Waals surface area contributed by atoms with Crippen molar-refractivity contribution in [3.8, 4) is 0 Å². The number of thiophene rings is 1. The molecule has 0 spiro atoms. The summed E-state index contributed by atoms with van der Waals surface area (Å²) >= 11 is 1.96. The molecular weight excluding hydrogens is 264 g/mol. The second-order valence-electron chi connectivity index (χ2n) is 6.43. The molecule has 2 heterocycles. The van der Waals surface area contributed by atoms with Gasteiger partial charge in [-0.15, -0.1) is 11.3 Å². The van der Waals surface area contributed by atoms with Crippen molar-refractivity contribution < 1.29 is 0 Å². The monoisotopic (exact) mass is 294 g/mol. The molecule has 0 aliphatic carbocycles. The van der Waals surface area contributed by atoms with Crippen LogP contribution < -0.4 is 5.32 Å². The maximum Gasteiger partial charge on any atom is 0.0299 e. The molecule has 0 radical (unpaired) electrons. The van der Waals surface area contributed by atoms with Crippen molar-refractivity contribution >= 4 is 11.3 Å². The summed E-state index contributed by atoms with van der Waals surface area (Å²) in [5.41, 5.74) is 1.55. The standard InChI is InChI=1S/C17H30N2S/c1-5-18-11-17-10-16(14(4)20-17)12-19-8-6-15(7-9-19)13(2)3/h10,13,15,18H,5-9,11-12H2,1-4H3. The number of hydrogen-bond donors (Lipinski definition) is 1.